The number of nitrogens with one attached hydrogen (secondary N) is 2. The summed E-state index contributed by atoms with van der Waals surface area (Å²) in [7, 11) is 3.48. The number of amides is 3. The van der Waals surface area contributed by atoms with Crippen LogP contribution in [0.2, 0.25) is 0 Å². The highest BCUT2D eigenvalue weighted by molar-refractivity contribution is 5.92. The Morgan fingerprint density at radius 2 is 2.24 bits per heavy atom. The summed E-state index contributed by atoms with van der Waals surface area (Å²) in [6.45, 7) is 1.56. The number of aromatic amines is 1. The Hall–Kier alpha value is -2.05. The van der Waals surface area contributed by atoms with Crippen LogP contribution >= 0.6 is 0 Å². The zero-order chi connectivity index (χ0) is 15.0. The molecule has 7 nitrogen and oxygen atoms in total. The molecule has 1 aliphatic heterocycles. The molecule has 2 fully saturated rings. The maximum absolute atomic E-state index is 12.3. The predicted octanol–water partition coefficient (Wildman–Crippen LogP) is 0.676. The number of urea groups is 1. The van der Waals surface area contributed by atoms with E-state index < -0.39 is 0 Å². The molecule has 1 spiro atoms. The van der Waals surface area contributed by atoms with Crippen LogP contribution in [0.5, 0.6) is 0 Å². The Kier molecular flexibility index (Phi) is 3.35. The molecule has 2 heterocycles. The second-order valence-corrected chi connectivity index (χ2v) is 6.40. The van der Waals surface area contributed by atoms with Crippen LogP contribution in [0, 0.1) is 5.41 Å². The van der Waals surface area contributed by atoms with Crippen molar-refractivity contribution in [2.45, 2.75) is 25.3 Å². The van der Waals surface area contributed by atoms with Crippen LogP contribution in [-0.4, -0.2) is 65.2 Å². The van der Waals surface area contributed by atoms with E-state index >= 15 is 0 Å². The van der Waals surface area contributed by atoms with E-state index in [0.717, 1.165) is 32.4 Å². The molecule has 21 heavy (non-hydrogen) atoms. The van der Waals surface area contributed by atoms with Gasteiger partial charge in [-0.3, -0.25) is 9.89 Å². The molecule has 0 atom stereocenters. The van der Waals surface area contributed by atoms with Gasteiger partial charge in [0.25, 0.3) is 5.91 Å². The smallest absolute Gasteiger partial charge is 0.317 e. The van der Waals surface area contributed by atoms with E-state index in [-0.39, 0.29) is 23.4 Å². The summed E-state index contributed by atoms with van der Waals surface area (Å²) in [6.07, 6.45) is 4.52. The van der Waals surface area contributed by atoms with Crippen molar-refractivity contribution in [3.8, 4) is 0 Å². The first kappa shape index (κ1) is 13.9. The second-order valence-electron chi connectivity index (χ2n) is 6.40. The highest BCUT2D eigenvalue weighted by Gasteiger charge is 2.50. The summed E-state index contributed by atoms with van der Waals surface area (Å²) in [5.74, 6) is 0.0187. The number of rotatable bonds is 2. The molecule has 7 heteroatoms. The lowest BCUT2D eigenvalue weighted by molar-refractivity contribution is 0.0660. The van der Waals surface area contributed by atoms with E-state index in [1.54, 1.807) is 31.3 Å². The summed E-state index contributed by atoms with van der Waals surface area (Å²) < 4.78 is 0. The van der Waals surface area contributed by atoms with Crippen molar-refractivity contribution in [1.29, 1.82) is 0 Å². The van der Waals surface area contributed by atoms with E-state index in [9.17, 15) is 9.59 Å². The van der Waals surface area contributed by atoms with Crippen LogP contribution in [0.3, 0.4) is 0 Å². The maximum Gasteiger partial charge on any atom is 0.317 e. The second kappa shape index (κ2) is 5.05. The Labute approximate surface area is 123 Å². The molecule has 2 N–H and O–H groups in total. The lowest BCUT2D eigenvalue weighted by Gasteiger charge is -2.45. The molecule has 0 aromatic carbocycles. The molecular weight excluding hydrogens is 270 g/mol. The van der Waals surface area contributed by atoms with Gasteiger partial charge in [0.2, 0.25) is 0 Å². The van der Waals surface area contributed by atoms with Crippen LogP contribution in [0.15, 0.2) is 12.3 Å². The maximum atomic E-state index is 12.3. The van der Waals surface area contributed by atoms with Crippen molar-refractivity contribution < 1.29 is 9.59 Å². The Morgan fingerprint density at radius 3 is 2.86 bits per heavy atom. The fourth-order valence-electron chi connectivity index (χ4n) is 3.38. The fourth-order valence-corrected chi connectivity index (χ4v) is 3.38. The molecule has 114 valence electrons. The van der Waals surface area contributed by atoms with Gasteiger partial charge in [0.15, 0.2) is 0 Å². The largest absolute Gasteiger partial charge is 0.337 e. The monoisotopic (exact) mass is 291 g/mol. The topological polar surface area (TPSA) is 81.3 Å². The van der Waals surface area contributed by atoms with E-state index in [4.69, 9.17) is 0 Å². The van der Waals surface area contributed by atoms with Crippen molar-refractivity contribution in [3.05, 3.63) is 18.0 Å². The number of aromatic nitrogens is 2. The molecular formula is C14H21N5O2. The molecule has 1 aromatic heterocycles. The summed E-state index contributed by atoms with van der Waals surface area (Å²) in [4.78, 5) is 27.3. The van der Waals surface area contributed by atoms with Crippen LogP contribution < -0.4 is 5.32 Å². The Morgan fingerprint density at radius 1 is 1.48 bits per heavy atom. The first-order valence-corrected chi connectivity index (χ1v) is 7.26. The molecule has 3 rings (SSSR count). The van der Waals surface area contributed by atoms with Gasteiger partial charge in [-0.1, -0.05) is 0 Å². The highest BCUT2D eigenvalue weighted by Crippen LogP contribution is 2.48. The third-order valence-electron chi connectivity index (χ3n) is 4.55. The van der Waals surface area contributed by atoms with Gasteiger partial charge in [0.05, 0.1) is 0 Å². The van der Waals surface area contributed by atoms with Gasteiger partial charge < -0.3 is 15.1 Å². The first-order chi connectivity index (χ1) is 9.99. The van der Waals surface area contributed by atoms with Crippen molar-refractivity contribution in [3.63, 3.8) is 0 Å². The molecule has 0 unspecified atom stereocenters. The van der Waals surface area contributed by atoms with E-state index in [0.29, 0.717) is 5.69 Å². The predicted molar refractivity (Wildman–Crippen MR) is 76.8 cm³/mol. The summed E-state index contributed by atoms with van der Waals surface area (Å²) >= 11 is 0. The number of nitrogens with zero attached hydrogens (tertiary/aromatic N) is 3. The number of hydrogen-bond acceptors (Lipinski definition) is 3. The van der Waals surface area contributed by atoms with Gasteiger partial charge in [-0.15, -0.1) is 0 Å². The van der Waals surface area contributed by atoms with Gasteiger partial charge in [0.1, 0.15) is 5.69 Å². The van der Waals surface area contributed by atoms with Crippen LogP contribution in [0.4, 0.5) is 4.79 Å². The number of carbonyl (C=O) groups excluding carboxylic acids is 2. The van der Waals surface area contributed by atoms with Crippen LogP contribution in [-0.2, 0) is 0 Å². The van der Waals surface area contributed by atoms with Crippen LogP contribution in [0.25, 0.3) is 0 Å². The highest BCUT2D eigenvalue weighted by atomic mass is 16.2. The number of hydrogen-bond donors (Lipinski definition) is 2. The molecule has 1 aliphatic carbocycles. The minimum absolute atomic E-state index is 0.0187. The van der Waals surface area contributed by atoms with Crippen molar-refractivity contribution in [2.24, 2.45) is 5.41 Å². The van der Waals surface area contributed by atoms with E-state index in [1.165, 1.54) is 0 Å². The average Bonchev–Trinajstić information content (AvgIpc) is 3.06. The van der Waals surface area contributed by atoms with Gasteiger partial charge in [-0.05, 0) is 30.7 Å². The van der Waals surface area contributed by atoms with Gasteiger partial charge in [0, 0.05) is 39.4 Å². The molecule has 1 saturated carbocycles. The van der Waals surface area contributed by atoms with Gasteiger partial charge in [-0.2, -0.15) is 5.10 Å². The number of likely N-dealkylation sites (tertiary alicyclic amines) is 1. The lowest BCUT2D eigenvalue weighted by atomic mass is 9.65. The molecule has 1 saturated heterocycles. The quantitative estimate of drug-likeness (QED) is 0.840. The zero-order valence-electron chi connectivity index (χ0n) is 12.4. The van der Waals surface area contributed by atoms with E-state index in [2.05, 4.69) is 15.5 Å². The SMILES string of the molecule is CN(C)C(=O)NC1CC2(CCN(C(=O)c3ccn[nH]3)C2)C1. The van der Waals surface area contributed by atoms with Crippen molar-refractivity contribution in [2.75, 3.05) is 27.2 Å². The lowest BCUT2D eigenvalue weighted by Crippen LogP contribution is -2.54. The van der Waals surface area contributed by atoms with Crippen molar-refractivity contribution >= 4 is 11.9 Å². The van der Waals surface area contributed by atoms with Gasteiger partial charge >= 0.3 is 6.03 Å². The first-order valence-electron chi connectivity index (χ1n) is 7.26. The minimum Gasteiger partial charge on any atom is -0.337 e. The molecule has 0 radical (unpaired) electrons. The molecule has 2 aliphatic rings. The zero-order valence-corrected chi connectivity index (χ0v) is 12.4. The standard InChI is InChI=1S/C14H21N5O2/c1-18(2)13(21)16-10-7-14(8-10)4-6-19(9-14)12(20)11-3-5-15-17-11/h3,5,10H,4,6-9H2,1-2H3,(H,15,17)(H,16,21). The third-order valence-corrected chi connectivity index (χ3v) is 4.55. The normalized spacial score (nSPS) is 27.5. The van der Waals surface area contributed by atoms with Crippen LogP contribution in [0.1, 0.15) is 29.8 Å². The Balaban J connectivity index is 1.52. The minimum atomic E-state index is -0.0433. The molecule has 0 bridgehead atoms. The summed E-state index contributed by atoms with van der Waals surface area (Å²) in [5.41, 5.74) is 0.740. The Bertz CT molecular complexity index is 534. The molecule has 1 aromatic rings. The summed E-state index contributed by atoms with van der Waals surface area (Å²) in [6, 6.07) is 1.90. The number of carbonyl (C=O) groups is 2. The number of H-pyrrole nitrogens is 1. The average molecular weight is 291 g/mol. The fraction of sp³-hybridized carbons (Fsp3) is 0.643. The summed E-state index contributed by atoms with van der Waals surface area (Å²) in [5, 5.41) is 9.55. The third kappa shape index (κ3) is 2.59. The molecule has 3 amide bonds. The van der Waals surface area contributed by atoms with Gasteiger partial charge in [-0.25, -0.2) is 4.79 Å². The van der Waals surface area contributed by atoms with E-state index in [1.807, 2.05) is 4.90 Å². The van der Waals surface area contributed by atoms with Crippen molar-refractivity contribution in [1.82, 2.24) is 25.3 Å².